The first kappa shape index (κ1) is 14.5. The molecule has 0 aromatic carbocycles. The second kappa shape index (κ2) is 5.85. The van der Waals surface area contributed by atoms with E-state index in [1.54, 1.807) is 24.7 Å². The van der Waals surface area contributed by atoms with Gasteiger partial charge in [-0.1, -0.05) is 0 Å². The fraction of sp³-hybridized carbons (Fsp3) is 0.400. The molecule has 1 heterocycles. The van der Waals surface area contributed by atoms with E-state index in [1.165, 1.54) is 0 Å². The molecule has 1 rings (SSSR count). The number of primary amides is 1. The SMILES string of the molecule is Cc1cc(NC(=O)N(CC(N)=O)CC(=O)O)nn1C. The highest BCUT2D eigenvalue weighted by Gasteiger charge is 2.19. The van der Waals surface area contributed by atoms with Crippen molar-refractivity contribution < 1.29 is 19.5 Å². The van der Waals surface area contributed by atoms with Crippen LogP contribution in [-0.4, -0.2) is 50.8 Å². The van der Waals surface area contributed by atoms with Gasteiger partial charge in [0.1, 0.15) is 13.1 Å². The van der Waals surface area contributed by atoms with E-state index in [-0.39, 0.29) is 5.82 Å². The molecular formula is C10H15N5O4. The van der Waals surface area contributed by atoms with Crippen molar-refractivity contribution in [1.82, 2.24) is 14.7 Å². The van der Waals surface area contributed by atoms with Gasteiger partial charge in [0, 0.05) is 18.8 Å². The molecule has 0 atom stereocenters. The molecule has 0 aliphatic rings. The highest BCUT2D eigenvalue weighted by Crippen LogP contribution is 2.07. The lowest BCUT2D eigenvalue weighted by molar-refractivity contribution is -0.137. The molecule has 0 saturated heterocycles. The molecule has 9 heteroatoms. The van der Waals surface area contributed by atoms with Crippen LogP contribution in [0.4, 0.5) is 10.6 Å². The van der Waals surface area contributed by atoms with Crippen LogP contribution >= 0.6 is 0 Å². The summed E-state index contributed by atoms with van der Waals surface area (Å²) in [5.41, 5.74) is 5.77. The quantitative estimate of drug-likeness (QED) is 0.639. The molecule has 104 valence electrons. The molecule has 1 aromatic heterocycles. The topological polar surface area (TPSA) is 131 Å². The Bertz CT molecular complexity index is 475. The molecule has 0 aliphatic heterocycles. The number of aromatic nitrogens is 2. The number of amides is 3. The third-order valence-electron chi connectivity index (χ3n) is 2.31. The molecule has 0 bridgehead atoms. The van der Waals surface area contributed by atoms with Gasteiger partial charge in [0.05, 0.1) is 0 Å². The van der Waals surface area contributed by atoms with Gasteiger partial charge in [-0.15, -0.1) is 0 Å². The summed E-state index contributed by atoms with van der Waals surface area (Å²) in [5.74, 6) is -1.77. The molecule has 9 nitrogen and oxygen atoms in total. The minimum absolute atomic E-state index is 0.268. The van der Waals surface area contributed by atoms with Crippen LogP contribution in [0.1, 0.15) is 5.69 Å². The van der Waals surface area contributed by atoms with Gasteiger partial charge in [0.2, 0.25) is 5.91 Å². The zero-order chi connectivity index (χ0) is 14.6. The van der Waals surface area contributed by atoms with Crippen molar-refractivity contribution in [2.75, 3.05) is 18.4 Å². The number of carboxylic acid groups (broad SMARTS) is 1. The number of hydrogen-bond donors (Lipinski definition) is 3. The number of aliphatic carboxylic acids is 1. The summed E-state index contributed by atoms with van der Waals surface area (Å²) in [7, 11) is 1.70. The number of carboxylic acids is 1. The number of rotatable bonds is 5. The van der Waals surface area contributed by atoms with Crippen molar-refractivity contribution in [2.24, 2.45) is 12.8 Å². The Morgan fingerprint density at radius 2 is 2.11 bits per heavy atom. The summed E-state index contributed by atoms with van der Waals surface area (Å²) in [5, 5.41) is 15.1. The lowest BCUT2D eigenvalue weighted by atomic mass is 10.4. The van der Waals surface area contributed by atoms with Crippen LogP contribution in [0.15, 0.2) is 6.07 Å². The molecule has 0 unspecified atom stereocenters. The predicted octanol–water partition coefficient (Wildman–Crippen LogP) is -0.868. The maximum Gasteiger partial charge on any atom is 0.324 e. The molecule has 0 spiro atoms. The standard InChI is InChI=1S/C10H15N5O4/c1-6-3-8(13-14(6)2)12-10(19)15(4-7(11)16)5-9(17)18/h3H,4-5H2,1-2H3,(H2,11,16)(H,17,18)(H,12,13,19). The lowest BCUT2D eigenvalue weighted by Crippen LogP contribution is -2.43. The number of nitrogens with one attached hydrogen (secondary N) is 1. The Hall–Kier alpha value is -2.58. The Kier molecular flexibility index (Phi) is 4.46. The van der Waals surface area contributed by atoms with Crippen molar-refractivity contribution in [2.45, 2.75) is 6.92 Å². The third-order valence-corrected chi connectivity index (χ3v) is 2.31. The fourth-order valence-corrected chi connectivity index (χ4v) is 1.36. The van der Waals surface area contributed by atoms with Crippen molar-refractivity contribution in [1.29, 1.82) is 0 Å². The summed E-state index contributed by atoms with van der Waals surface area (Å²) in [4.78, 5) is 34.0. The molecule has 0 radical (unpaired) electrons. The van der Waals surface area contributed by atoms with Crippen molar-refractivity contribution in [3.63, 3.8) is 0 Å². The fourth-order valence-electron chi connectivity index (χ4n) is 1.36. The predicted molar refractivity (Wildman–Crippen MR) is 65.4 cm³/mol. The average molecular weight is 269 g/mol. The number of carbonyl (C=O) groups excluding carboxylic acids is 2. The van der Waals surface area contributed by atoms with E-state index in [0.717, 1.165) is 10.6 Å². The number of anilines is 1. The van der Waals surface area contributed by atoms with E-state index in [0.29, 0.717) is 0 Å². The molecule has 3 amide bonds. The van der Waals surface area contributed by atoms with E-state index in [4.69, 9.17) is 10.8 Å². The van der Waals surface area contributed by atoms with E-state index < -0.39 is 31.0 Å². The Morgan fingerprint density at radius 3 is 2.53 bits per heavy atom. The highest BCUT2D eigenvalue weighted by molar-refractivity contribution is 5.93. The van der Waals surface area contributed by atoms with Crippen molar-refractivity contribution in [3.05, 3.63) is 11.8 Å². The highest BCUT2D eigenvalue weighted by atomic mass is 16.4. The van der Waals surface area contributed by atoms with Gasteiger partial charge in [0.15, 0.2) is 5.82 Å². The van der Waals surface area contributed by atoms with Crippen LogP contribution in [0.3, 0.4) is 0 Å². The first-order chi connectivity index (χ1) is 8.79. The van der Waals surface area contributed by atoms with Crippen LogP contribution in [0.25, 0.3) is 0 Å². The van der Waals surface area contributed by atoms with Crippen LogP contribution in [0, 0.1) is 6.92 Å². The number of aryl methyl sites for hydroxylation is 2. The largest absolute Gasteiger partial charge is 0.480 e. The molecule has 4 N–H and O–H groups in total. The van der Waals surface area contributed by atoms with Crippen LogP contribution < -0.4 is 11.1 Å². The zero-order valence-electron chi connectivity index (χ0n) is 10.6. The molecule has 19 heavy (non-hydrogen) atoms. The second-order valence-electron chi connectivity index (χ2n) is 3.94. The third kappa shape index (κ3) is 4.30. The normalized spacial score (nSPS) is 10.0. The summed E-state index contributed by atoms with van der Waals surface area (Å²) in [6.45, 7) is 0.686. The summed E-state index contributed by atoms with van der Waals surface area (Å²) < 4.78 is 1.55. The number of nitrogens with zero attached hydrogens (tertiary/aromatic N) is 3. The van der Waals surface area contributed by atoms with E-state index in [9.17, 15) is 14.4 Å². The Balaban J connectivity index is 2.75. The van der Waals surface area contributed by atoms with Gasteiger partial charge < -0.3 is 15.7 Å². The Labute approximate surface area is 109 Å². The van der Waals surface area contributed by atoms with E-state index in [1.807, 2.05) is 0 Å². The minimum atomic E-state index is -1.24. The first-order valence-electron chi connectivity index (χ1n) is 5.36. The summed E-state index contributed by atoms with van der Waals surface area (Å²) in [6, 6.07) is 0.862. The van der Waals surface area contributed by atoms with Gasteiger partial charge in [-0.2, -0.15) is 5.10 Å². The van der Waals surface area contributed by atoms with Gasteiger partial charge in [0.25, 0.3) is 0 Å². The number of hydrogen-bond acceptors (Lipinski definition) is 4. The monoisotopic (exact) mass is 269 g/mol. The smallest absolute Gasteiger partial charge is 0.324 e. The second-order valence-corrected chi connectivity index (χ2v) is 3.94. The maximum absolute atomic E-state index is 11.8. The van der Waals surface area contributed by atoms with Crippen LogP contribution in [-0.2, 0) is 16.6 Å². The average Bonchev–Trinajstić information content (AvgIpc) is 2.55. The van der Waals surface area contributed by atoms with E-state index >= 15 is 0 Å². The van der Waals surface area contributed by atoms with Crippen molar-refractivity contribution in [3.8, 4) is 0 Å². The van der Waals surface area contributed by atoms with Crippen molar-refractivity contribution >= 4 is 23.7 Å². The molecule has 1 aromatic rings. The number of urea groups is 1. The summed E-state index contributed by atoms with van der Waals surface area (Å²) in [6.07, 6.45) is 0. The molecule has 0 aliphatic carbocycles. The molecular weight excluding hydrogens is 254 g/mol. The Morgan fingerprint density at radius 1 is 1.47 bits per heavy atom. The number of nitrogens with two attached hydrogens (primary N) is 1. The van der Waals surface area contributed by atoms with Gasteiger partial charge >= 0.3 is 12.0 Å². The molecule has 0 fully saturated rings. The van der Waals surface area contributed by atoms with Gasteiger partial charge in [-0.05, 0) is 6.92 Å². The van der Waals surface area contributed by atoms with Gasteiger partial charge in [-0.3, -0.25) is 19.6 Å². The number of carbonyl (C=O) groups is 3. The van der Waals surface area contributed by atoms with E-state index in [2.05, 4.69) is 10.4 Å². The van der Waals surface area contributed by atoms with Gasteiger partial charge in [-0.25, -0.2) is 4.79 Å². The first-order valence-corrected chi connectivity index (χ1v) is 5.36. The van der Waals surface area contributed by atoms with Crippen LogP contribution in [0.5, 0.6) is 0 Å². The minimum Gasteiger partial charge on any atom is -0.480 e. The summed E-state index contributed by atoms with van der Waals surface area (Å²) >= 11 is 0. The van der Waals surface area contributed by atoms with Crippen LogP contribution in [0.2, 0.25) is 0 Å². The maximum atomic E-state index is 11.8. The zero-order valence-corrected chi connectivity index (χ0v) is 10.6. The lowest BCUT2D eigenvalue weighted by Gasteiger charge is -2.18. The molecule has 0 saturated carbocycles.